The van der Waals surface area contributed by atoms with Gasteiger partial charge in [-0.25, -0.2) is 15.0 Å². The minimum atomic E-state index is -2.99. The second-order valence-corrected chi connectivity index (χ2v) is 8.90. The average Bonchev–Trinajstić information content (AvgIpc) is 3.12. The zero-order valence-corrected chi connectivity index (χ0v) is 18.4. The molecule has 176 valence electrons. The van der Waals surface area contributed by atoms with Crippen LogP contribution in [0.5, 0.6) is 0 Å². The van der Waals surface area contributed by atoms with E-state index >= 15 is 0 Å². The average molecular weight is 474 g/mol. The summed E-state index contributed by atoms with van der Waals surface area (Å²) in [6, 6.07) is 9.45. The first-order valence-electron chi connectivity index (χ1n) is 11.2. The summed E-state index contributed by atoms with van der Waals surface area (Å²) in [4.78, 5) is 41.3. The third kappa shape index (κ3) is 3.71. The van der Waals surface area contributed by atoms with E-state index in [2.05, 4.69) is 20.3 Å². The molecule has 10 heteroatoms. The van der Waals surface area contributed by atoms with Gasteiger partial charge in [0, 0.05) is 54.8 Å². The van der Waals surface area contributed by atoms with E-state index in [-0.39, 0.29) is 23.9 Å². The third-order valence-corrected chi connectivity index (χ3v) is 6.79. The van der Waals surface area contributed by atoms with Gasteiger partial charge in [-0.3, -0.25) is 9.59 Å². The molecular formula is C25H20F2N6O2. The number of amides is 1. The molecule has 2 bridgehead atoms. The molecule has 2 atom stereocenters. The van der Waals surface area contributed by atoms with Crippen molar-refractivity contribution in [3.8, 4) is 11.3 Å². The Labute approximate surface area is 198 Å². The van der Waals surface area contributed by atoms with E-state index in [1.54, 1.807) is 24.7 Å². The van der Waals surface area contributed by atoms with Crippen molar-refractivity contribution in [2.45, 2.75) is 24.7 Å². The maximum Gasteiger partial charge on any atom is 0.315 e. The molecule has 4 heterocycles. The maximum atomic E-state index is 13.0. The van der Waals surface area contributed by atoms with Crippen LogP contribution in [0.3, 0.4) is 0 Å². The van der Waals surface area contributed by atoms with Gasteiger partial charge in [0.25, 0.3) is 11.5 Å². The Morgan fingerprint density at radius 3 is 2.63 bits per heavy atom. The van der Waals surface area contributed by atoms with E-state index < -0.39 is 12.3 Å². The standard InChI is InChI=1S/C25H20F2N6O2/c26-22(27)25(35)33-10-14-5-15(11-33)19-7-17(1-2-18(14)19)31-23-21-13(3-4-30-24(21)34)6-20(32-23)16-8-28-12-29-9-16/h1-4,6-9,12,14-15,22H,5,10-11H2,(H,30,34)(H,31,32). The summed E-state index contributed by atoms with van der Waals surface area (Å²) in [5, 5.41) is 4.42. The SMILES string of the molecule is O=C(C(F)F)N1CC2CC(C1)c1cc(Nc3nc(-c4cncnc4)cc4cc[nH]c(=O)c34)ccc12. The fourth-order valence-electron chi connectivity index (χ4n) is 5.27. The van der Waals surface area contributed by atoms with Crippen molar-refractivity contribution in [2.24, 2.45) is 0 Å². The van der Waals surface area contributed by atoms with Crippen LogP contribution in [0, 0.1) is 0 Å². The monoisotopic (exact) mass is 474 g/mol. The minimum Gasteiger partial charge on any atom is -0.340 e. The smallest absolute Gasteiger partial charge is 0.315 e. The van der Waals surface area contributed by atoms with Gasteiger partial charge in [-0.1, -0.05) is 6.07 Å². The largest absolute Gasteiger partial charge is 0.340 e. The minimum absolute atomic E-state index is 0.00546. The number of hydrogen-bond acceptors (Lipinski definition) is 6. The van der Waals surface area contributed by atoms with Crippen molar-refractivity contribution in [2.75, 3.05) is 18.4 Å². The number of carbonyl (C=O) groups excluding carboxylic acids is 1. The van der Waals surface area contributed by atoms with Gasteiger partial charge < -0.3 is 15.2 Å². The van der Waals surface area contributed by atoms with Gasteiger partial charge >= 0.3 is 6.43 Å². The zero-order valence-electron chi connectivity index (χ0n) is 18.4. The molecule has 1 fully saturated rings. The molecule has 2 aliphatic rings. The number of hydrogen-bond donors (Lipinski definition) is 2. The molecule has 6 rings (SSSR count). The Morgan fingerprint density at radius 1 is 1.09 bits per heavy atom. The van der Waals surface area contributed by atoms with Gasteiger partial charge in [0.05, 0.1) is 11.1 Å². The molecule has 8 nitrogen and oxygen atoms in total. The van der Waals surface area contributed by atoms with Crippen LogP contribution < -0.4 is 10.9 Å². The fraction of sp³-hybridized carbons (Fsp3) is 0.240. The summed E-state index contributed by atoms with van der Waals surface area (Å²) in [5.41, 5.74) is 3.90. The van der Waals surface area contributed by atoms with E-state index in [1.807, 2.05) is 24.3 Å². The molecule has 0 spiro atoms. The van der Waals surface area contributed by atoms with E-state index in [0.717, 1.165) is 23.2 Å². The number of benzene rings is 1. The van der Waals surface area contributed by atoms with Gasteiger partial charge in [-0.2, -0.15) is 8.78 Å². The molecule has 35 heavy (non-hydrogen) atoms. The number of nitrogens with one attached hydrogen (secondary N) is 2. The number of H-pyrrole nitrogens is 1. The number of likely N-dealkylation sites (tertiary alicyclic amines) is 1. The molecule has 3 aromatic heterocycles. The lowest BCUT2D eigenvalue weighted by Gasteiger charge is -2.31. The van der Waals surface area contributed by atoms with Gasteiger partial charge in [-0.05, 0) is 47.2 Å². The number of halogens is 2. The topological polar surface area (TPSA) is 104 Å². The molecule has 1 saturated heterocycles. The predicted molar refractivity (Wildman–Crippen MR) is 126 cm³/mol. The Bertz CT molecular complexity index is 1510. The first-order valence-corrected chi connectivity index (χ1v) is 11.2. The number of pyridine rings is 2. The quantitative estimate of drug-likeness (QED) is 0.466. The summed E-state index contributed by atoms with van der Waals surface area (Å²) in [7, 11) is 0. The number of nitrogens with zero attached hydrogens (tertiary/aromatic N) is 4. The van der Waals surface area contributed by atoms with Crippen LogP contribution in [0.2, 0.25) is 0 Å². The summed E-state index contributed by atoms with van der Waals surface area (Å²) in [5.74, 6) is -0.682. The Morgan fingerprint density at radius 2 is 1.86 bits per heavy atom. The molecule has 1 aromatic carbocycles. The molecule has 2 N–H and O–H groups in total. The lowest BCUT2D eigenvalue weighted by atomic mass is 9.96. The predicted octanol–water partition coefficient (Wildman–Crippen LogP) is 3.80. The number of aromatic nitrogens is 4. The van der Waals surface area contributed by atoms with Crippen molar-refractivity contribution in [3.63, 3.8) is 0 Å². The first-order chi connectivity index (χ1) is 17.0. The van der Waals surface area contributed by atoms with Gasteiger partial charge in [0.1, 0.15) is 12.1 Å². The number of fused-ring (bicyclic) bond motifs is 6. The van der Waals surface area contributed by atoms with E-state index in [0.29, 0.717) is 34.4 Å². The molecule has 1 aliphatic carbocycles. The Hall–Kier alpha value is -4.21. The number of piperidine rings is 1. The lowest BCUT2D eigenvalue weighted by Crippen LogP contribution is -2.42. The summed E-state index contributed by atoms with van der Waals surface area (Å²) >= 11 is 0. The molecule has 0 saturated carbocycles. The Kier molecular flexibility index (Phi) is 5.01. The van der Waals surface area contributed by atoms with Crippen LogP contribution in [-0.4, -0.2) is 50.3 Å². The van der Waals surface area contributed by atoms with Crippen LogP contribution in [0.25, 0.3) is 22.0 Å². The van der Waals surface area contributed by atoms with E-state index in [9.17, 15) is 18.4 Å². The van der Waals surface area contributed by atoms with Crippen LogP contribution in [0.4, 0.5) is 20.3 Å². The van der Waals surface area contributed by atoms with Gasteiger partial charge in [0.15, 0.2) is 0 Å². The van der Waals surface area contributed by atoms with Crippen molar-refractivity contribution in [1.29, 1.82) is 0 Å². The molecule has 1 amide bonds. The van der Waals surface area contributed by atoms with E-state index in [4.69, 9.17) is 4.98 Å². The lowest BCUT2D eigenvalue weighted by molar-refractivity contribution is -0.144. The highest BCUT2D eigenvalue weighted by atomic mass is 19.3. The van der Waals surface area contributed by atoms with Crippen molar-refractivity contribution >= 4 is 28.2 Å². The highest BCUT2D eigenvalue weighted by Crippen LogP contribution is 2.47. The molecular weight excluding hydrogens is 454 g/mol. The summed E-state index contributed by atoms with van der Waals surface area (Å²) in [6.45, 7) is 0.586. The van der Waals surface area contributed by atoms with Gasteiger partial charge in [-0.15, -0.1) is 0 Å². The third-order valence-electron chi connectivity index (χ3n) is 6.79. The van der Waals surface area contributed by atoms with Gasteiger partial charge in [0.2, 0.25) is 0 Å². The second kappa shape index (κ2) is 8.23. The zero-order chi connectivity index (χ0) is 24.1. The van der Waals surface area contributed by atoms with Crippen molar-refractivity contribution < 1.29 is 13.6 Å². The molecule has 1 aliphatic heterocycles. The fourth-order valence-corrected chi connectivity index (χ4v) is 5.27. The van der Waals surface area contributed by atoms with Crippen LogP contribution in [-0.2, 0) is 4.79 Å². The Balaban J connectivity index is 1.38. The summed E-state index contributed by atoms with van der Waals surface area (Å²) in [6.07, 6.45) is 4.16. The molecule has 0 radical (unpaired) electrons. The number of rotatable bonds is 4. The highest BCUT2D eigenvalue weighted by molar-refractivity contribution is 5.95. The van der Waals surface area contributed by atoms with Crippen LogP contribution in [0.15, 0.2) is 60.0 Å². The van der Waals surface area contributed by atoms with Crippen molar-refractivity contribution in [1.82, 2.24) is 24.8 Å². The van der Waals surface area contributed by atoms with Crippen LogP contribution >= 0.6 is 0 Å². The summed E-state index contributed by atoms with van der Waals surface area (Å²) < 4.78 is 26.0. The number of alkyl halides is 2. The number of anilines is 2. The molecule has 4 aromatic rings. The number of aromatic amines is 1. The number of carbonyl (C=O) groups is 1. The highest BCUT2D eigenvalue weighted by Gasteiger charge is 2.40. The first kappa shape index (κ1) is 21.3. The molecule has 2 unspecified atom stereocenters. The normalized spacial score (nSPS) is 18.7. The second-order valence-electron chi connectivity index (χ2n) is 8.90. The van der Waals surface area contributed by atoms with Crippen molar-refractivity contribution in [3.05, 3.63) is 76.7 Å². The maximum absolute atomic E-state index is 13.0. The van der Waals surface area contributed by atoms with Crippen LogP contribution in [0.1, 0.15) is 29.4 Å². The van der Waals surface area contributed by atoms with E-state index in [1.165, 1.54) is 11.2 Å².